The molecular formula is C20H14N2. The molecule has 0 saturated heterocycles. The van der Waals surface area contributed by atoms with Crippen molar-refractivity contribution in [2.24, 2.45) is 0 Å². The second kappa shape index (κ2) is 5.41. The molecule has 4 rings (SSSR count). The van der Waals surface area contributed by atoms with Gasteiger partial charge in [0.05, 0.1) is 11.2 Å². The third-order valence-corrected chi connectivity index (χ3v) is 3.78. The molecule has 4 aromatic rings. The van der Waals surface area contributed by atoms with E-state index in [1.54, 1.807) is 0 Å². The zero-order valence-electron chi connectivity index (χ0n) is 12.0. The second-order valence-electron chi connectivity index (χ2n) is 5.17. The van der Waals surface area contributed by atoms with Crippen molar-refractivity contribution in [1.82, 2.24) is 9.97 Å². The lowest BCUT2D eigenvalue weighted by atomic mass is 9.99. The van der Waals surface area contributed by atoms with Crippen LogP contribution in [0, 0.1) is 0 Å². The monoisotopic (exact) mass is 282 g/mol. The Bertz CT molecular complexity index is 916. The zero-order valence-corrected chi connectivity index (χ0v) is 12.0. The van der Waals surface area contributed by atoms with Crippen LogP contribution < -0.4 is 0 Å². The molecule has 0 aliphatic rings. The van der Waals surface area contributed by atoms with Crippen molar-refractivity contribution in [3.63, 3.8) is 0 Å². The van der Waals surface area contributed by atoms with Crippen molar-refractivity contribution in [1.29, 1.82) is 0 Å². The van der Waals surface area contributed by atoms with Crippen LogP contribution in [0.5, 0.6) is 0 Å². The van der Waals surface area contributed by atoms with Gasteiger partial charge >= 0.3 is 0 Å². The topological polar surface area (TPSA) is 25.8 Å². The standard InChI is InChI=1S/C20H14N2/c1-2-6-16(7-3-1)20-14-18(15-10-12-21-13-11-15)17-8-4-5-9-19(17)22-20/h1-14H. The lowest BCUT2D eigenvalue weighted by Gasteiger charge is -2.10. The zero-order chi connectivity index (χ0) is 14.8. The molecule has 0 radical (unpaired) electrons. The highest BCUT2D eigenvalue weighted by atomic mass is 14.7. The van der Waals surface area contributed by atoms with E-state index in [1.165, 1.54) is 5.56 Å². The Morgan fingerprint density at radius 1 is 0.636 bits per heavy atom. The number of hydrogen-bond acceptors (Lipinski definition) is 2. The largest absolute Gasteiger partial charge is 0.265 e. The Labute approximate surface area is 129 Å². The molecule has 0 spiro atoms. The molecule has 2 heterocycles. The molecule has 0 saturated carbocycles. The first-order valence-corrected chi connectivity index (χ1v) is 7.27. The summed E-state index contributed by atoms with van der Waals surface area (Å²) < 4.78 is 0. The summed E-state index contributed by atoms with van der Waals surface area (Å²) in [6, 6.07) is 24.8. The quantitative estimate of drug-likeness (QED) is 0.519. The fourth-order valence-corrected chi connectivity index (χ4v) is 2.70. The minimum Gasteiger partial charge on any atom is -0.265 e. The average molecular weight is 282 g/mol. The summed E-state index contributed by atoms with van der Waals surface area (Å²) in [4.78, 5) is 8.93. The van der Waals surface area contributed by atoms with E-state index in [0.717, 1.165) is 27.7 Å². The molecule has 0 aliphatic carbocycles. The third-order valence-electron chi connectivity index (χ3n) is 3.78. The number of pyridine rings is 2. The highest BCUT2D eigenvalue weighted by molar-refractivity contribution is 5.96. The van der Waals surface area contributed by atoms with Gasteiger partial charge in [-0.15, -0.1) is 0 Å². The molecule has 2 aromatic heterocycles. The molecule has 0 aliphatic heterocycles. The highest BCUT2D eigenvalue weighted by Gasteiger charge is 2.08. The van der Waals surface area contributed by atoms with E-state index in [1.807, 2.05) is 48.8 Å². The number of para-hydroxylation sites is 1. The molecule has 0 atom stereocenters. The summed E-state index contributed by atoms with van der Waals surface area (Å²) in [5.74, 6) is 0. The average Bonchev–Trinajstić information content (AvgIpc) is 2.62. The maximum Gasteiger partial charge on any atom is 0.0715 e. The summed E-state index contributed by atoms with van der Waals surface area (Å²) in [6.07, 6.45) is 3.65. The van der Waals surface area contributed by atoms with Gasteiger partial charge < -0.3 is 0 Å². The van der Waals surface area contributed by atoms with Gasteiger partial charge in [0.15, 0.2) is 0 Å². The molecule has 0 bridgehead atoms. The van der Waals surface area contributed by atoms with Crippen molar-refractivity contribution < 1.29 is 0 Å². The molecule has 0 amide bonds. The maximum atomic E-state index is 4.82. The van der Waals surface area contributed by atoms with E-state index in [9.17, 15) is 0 Å². The van der Waals surface area contributed by atoms with Crippen LogP contribution in [0.15, 0.2) is 85.2 Å². The molecule has 0 N–H and O–H groups in total. The van der Waals surface area contributed by atoms with Gasteiger partial charge in [0, 0.05) is 23.3 Å². The predicted octanol–water partition coefficient (Wildman–Crippen LogP) is 4.96. The van der Waals surface area contributed by atoms with Gasteiger partial charge in [-0.2, -0.15) is 0 Å². The number of hydrogen-bond donors (Lipinski definition) is 0. The Morgan fingerprint density at radius 2 is 1.36 bits per heavy atom. The third kappa shape index (κ3) is 2.25. The van der Waals surface area contributed by atoms with Gasteiger partial charge in [0.25, 0.3) is 0 Å². The summed E-state index contributed by atoms with van der Waals surface area (Å²) in [5.41, 5.74) is 5.47. The second-order valence-corrected chi connectivity index (χ2v) is 5.17. The smallest absolute Gasteiger partial charge is 0.0715 e. The van der Waals surface area contributed by atoms with Gasteiger partial charge in [-0.3, -0.25) is 4.98 Å². The van der Waals surface area contributed by atoms with Gasteiger partial charge in [-0.1, -0.05) is 48.5 Å². The van der Waals surface area contributed by atoms with Crippen molar-refractivity contribution in [2.75, 3.05) is 0 Å². The van der Waals surface area contributed by atoms with E-state index >= 15 is 0 Å². The Kier molecular flexibility index (Phi) is 3.13. The lowest BCUT2D eigenvalue weighted by molar-refractivity contribution is 1.33. The number of benzene rings is 2. The van der Waals surface area contributed by atoms with Gasteiger partial charge in [0.1, 0.15) is 0 Å². The van der Waals surface area contributed by atoms with Crippen LogP contribution in [0.3, 0.4) is 0 Å². The van der Waals surface area contributed by atoms with E-state index in [2.05, 4.69) is 41.4 Å². The molecule has 0 unspecified atom stereocenters. The minimum absolute atomic E-state index is 0.992. The van der Waals surface area contributed by atoms with Gasteiger partial charge in [-0.25, -0.2) is 4.98 Å². The predicted molar refractivity (Wildman–Crippen MR) is 90.4 cm³/mol. The van der Waals surface area contributed by atoms with Crippen molar-refractivity contribution in [3.05, 3.63) is 85.2 Å². The van der Waals surface area contributed by atoms with Crippen LogP contribution in [0.25, 0.3) is 33.3 Å². The molecule has 104 valence electrons. The lowest BCUT2D eigenvalue weighted by Crippen LogP contribution is -1.89. The Balaban J connectivity index is 2.02. The van der Waals surface area contributed by atoms with Crippen LogP contribution >= 0.6 is 0 Å². The van der Waals surface area contributed by atoms with E-state index in [0.29, 0.717) is 0 Å². The number of aromatic nitrogens is 2. The first kappa shape index (κ1) is 12.7. The van der Waals surface area contributed by atoms with E-state index in [4.69, 9.17) is 4.98 Å². The first-order valence-electron chi connectivity index (χ1n) is 7.27. The van der Waals surface area contributed by atoms with E-state index in [-0.39, 0.29) is 0 Å². The first-order chi connectivity index (χ1) is 10.9. The fraction of sp³-hybridized carbons (Fsp3) is 0. The summed E-state index contributed by atoms with van der Waals surface area (Å²) in [7, 11) is 0. The molecule has 2 aromatic carbocycles. The van der Waals surface area contributed by atoms with E-state index < -0.39 is 0 Å². The van der Waals surface area contributed by atoms with Crippen LogP contribution in [0.4, 0.5) is 0 Å². The number of fused-ring (bicyclic) bond motifs is 1. The van der Waals surface area contributed by atoms with Gasteiger partial charge in [0.2, 0.25) is 0 Å². The van der Waals surface area contributed by atoms with Crippen LogP contribution in [-0.4, -0.2) is 9.97 Å². The maximum absolute atomic E-state index is 4.82. The number of nitrogens with zero attached hydrogens (tertiary/aromatic N) is 2. The van der Waals surface area contributed by atoms with Crippen molar-refractivity contribution in [3.8, 4) is 22.4 Å². The molecular weight excluding hydrogens is 268 g/mol. The van der Waals surface area contributed by atoms with Crippen LogP contribution in [-0.2, 0) is 0 Å². The van der Waals surface area contributed by atoms with Crippen molar-refractivity contribution >= 4 is 10.9 Å². The Hall–Kier alpha value is -3.00. The van der Waals surface area contributed by atoms with Crippen molar-refractivity contribution in [2.45, 2.75) is 0 Å². The van der Waals surface area contributed by atoms with Crippen LogP contribution in [0.2, 0.25) is 0 Å². The van der Waals surface area contributed by atoms with Gasteiger partial charge in [-0.05, 0) is 35.4 Å². The summed E-state index contributed by atoms with van der Waals surface area (Å²) in [5, 5.41) is 1.16. The SMILES string of the molecule is c1ccc(-c2cc(-c3ccncc3)c3ccccc3n2)cc1. The molecule has 22 heavy (non-hydrogen) atoms. The summed E-state index contributed by atoms with van der Waals surface area (Å²) in [6.45, 7) is 0. The molecule has 0 fully saturated rings. The minimum atomic E-state index is 0.992. The molecule has 2 nitrogen and oxygen atoms in total. The van der Waals surface area contributed by atoms with Crippen LogP contribution in [0.1, 0.15) is 0 Å². The Morgan fingerprint density at radius 3 is 2.18 bits per heavy atom. The number of rotatable bonds is 2. The molecule has 2 heteroatoms. The highest BCUT2D eigenvalue weighted by Crippen LogP contribution is 2.31. The normalized spacial score (nSPS) is 10.7. The fourth-order valence-electron chi connectivity index (χ4n) is 2.70. The summed E-state index contributed by atoms with van der Waals surface area (Å²) >= 11 is 0.